The first kappa shape index (κ1) is 23.2. The third-order valence-electron chi connectivity index (χ3n) is 5.82. The number of rotatable bonds is 5. The molecule has 176 valence electrons. The van der Waals surface area contributed by atoms with E-state index in [1.165, 1.54) is 11.1 Å². The zero-order valence-electron chi connectivity index (χ0n) is 19.1. The number of nitrogens with zero attached hydrogens (tertiary/aromatic N) is 3. The van der Waals surface area contributed by atoms with Gasteiger partial charge in [-0.15, -0.1) is 0 Å². The molecule has 2 aliphatic heterocycles. The highest BCUT2D eigenvalue weighted by Crippen LogP contribution is 2.25. The van der Waals surface area contributed by atoms with Crippen molar-refractivity contribution in [3.05, 3.63) is 71.9 Å². The fraction of sp³-hybridized carbons (Fsp3) is 0.280. The normalized spacial score (nSPS) is 18.2. The van der Waals surface area contributed by atoms with Gasteiger partial charge in [0.2, 0.25) is 0 Å². The van der Waals surface area contributed by atoms with Gasteiger partial charge >= 0.3 is 5.97 Å². The van der Waals surface area contributed by atoms with Gasteiger partial charge in [0.25, 0.3) is 11.8 Å². The first-order chi connectivity index (χ1) is 16.5. The number of benzene rings is 2. The number of anilines is 1. The fourth-order valence-electron chi connectivity index (χ4n) is 3.73. The molecular formula is C25H26N4O5. The molecule has 2 fully saturated rings. The fourth-order valence-corrected chi connectivity index (χ4v) is 3.73. The molecule has 0 bridgehead atoms. The molecule has 1 N–H and O–H groups in total. The molecule has 2 aromatic carbocycles. The maximum Gasteiger partial charge on any atom is 0.376 e. The van der Waals surface area contributed by atoms with Gasteiger partial charge in [-0.25, -0.2) is 14.8 Å². The maximum atomic E-state index is 13.4. The predicted octanol–water partition coefficient (Wildman–Crippen LogP) is 2.90. The maximum absolute atomic E-state index is 13.4. The van der Waals surface area contributed by atoms with Crippen LogP contribution in [-0.2, 0) is 14.4 Å². The number of hydrazine groups is 1. The van der Waals surface area contributed by atoms with E-state index < -0.39 is 17.8 Å². The molecule has 0 aromatic heterocycles. The number of piperidine rings is 1. The molecule has 0 atom stereocenters. The molecule has 0 unspecified atom stereocenters. The van der Waals surface area contributed by atoms with Crippen molar-refractivity contribution in [2.24, 2.45) is 10.9 Å². The van der Waals surface area contributed by atoms with Crippen LogP contribution in [0.15, 0.2) is 71.4 Å². The molecule has 9 heteroatoms. The second-order valence-corrected chi connectivity index (χ2v) is 8.19. The molecule has 2 heterocycles. The van der Waals surface area contributed by atoms with E-state index in [9.17, 15) is 14.4 Å². The van der Waals surface area contributed by atoms with Gasteiger partial charge in [-0.2, -0.15) is 0 Å². The van der Waals surface area contributed by atoms with Crippen LogP contribution < -0.4 is 15.3 Å². The van der Waals surface area contributed by atoms with E-state index in [4.69, 9.17) is 9.57 Å². The third-order valence-corrected chi connectivity index (χ3v) is 5.82. The summed E-state index contributed by atoms with van der Waals surface area (Å²) in [6.45, 7) is 3.27. The van der Waals surface area contributed by atoms with E-state index >= 15 is 0 Å². The average Bonchev–Trinajstić information content (AvgIpc) is 3.24. The second kappa shape index (κ2) is 10.3. The van der Waals surface area contributed by atoms with Crippen molar-refractivity contribution in [2.45, 2.75) is 19.8 Å². The Morgan fingerprint density at radius 3 is 2.41 bits per heavy atom. The van der Waals surface area contributed by atoms with Gasteiger partial charge in [0.1, 0.15) is 11.5 Å². The van der Waals surface area contributed by atoms with Crippen LogP contribution >= 0.6 is 0 Å². The minimum Gasteiger partial charge on any atom is -0.497 e. The molecule has 0 spiro atoms. The van der Waals surface area contributed by atoms with Gasteiger partial charge in [0.05, 0.1) is 12.8 Å². The summed E-state index contributed by atoms with van der Waals surface area (Å²) in [5.41, 5.74) is 3.36. The number of methoxy groups -OCH3 is 1. The topological polar surface area (TPSA) is 101 Å². The largest absolute Gasteiger partial charge is 0.497 e. The van der Waals surface area contributed by atoms with Gasteiger partial charge in [-0.1, -0.05) is 30.7 Å². The predicted molar refractivity (Wildman–Crippen MR) is 126 cm³/mol. The number of carbonyl (C=O) groups excluding carboxylic acids is 3. The SMILES string of the molecule is COc1ccc(N2NOC(=O)/C2=C\C(=NC(=O)c2ccccc2)C(=O)N2CCC(C)CC2)cc1. The summed E-state index contributed by atoms with van der Waals surface area (Å²) >= 11 is 0. The van der Waals surface area contributed by atoms with Crippen molar-refractivity contribution in [3.63, 3.8) is 0 Å². The summed E-state index contributed by atoms with van der Waals surface area (Å²) < 4.78 is 5.18. The van der Waals surface area contributed by atoms with E-state index in [0.717, 1.165) is 12.8 Å². The minimum atomic E-state index is -0.698. The van der Waals surface area contributed by atoms with E-state index in [0.29, 0.717) is 36.0 Å². The Morgan fingerprint density at radius 2 is 1.76 bits per heavy atom. The Kier molecular flexibility index (Phi) is 7.03. The number of nitrogens with one attached hydrogen (secondary N) is 1. The molecule has 0 radical (unpaired) electrons. The summed E-state index contributed by atoms with van der Waals surface area (Å²) in [5, 5.41) is 1.38. The number of ether oxygens (including phenoxy) is 1. The minimum absolute atomic E-state index is 0.0310. The van der Waals surface area contributed by atoms with Crippen molar-refractivity contribution >= 4 is 29.2 Å². The lowest BCUT2D eigenvalue weighted by Crippen LogP contribution is -2.42. The molecule has 2 saturated heterocycles. The smallest absolute Gasteiger partial charge is 0.376 e. The van der Waals surface area contributed by atoms with Crippen LogP contribution in [0.5, 0.6) is 5.75 Å². The monoisotopic (exact) mass is 462 g/mol. The van der Waals surface area contributed by atoms with E-state index in [2.05, 4.69) is 17.5 Å². The second-order valence-electron chi connectivity index (χ2n) is 8.19. The summed E-state index contributed by atoms with van der Waals surface area (Å²) in [6, 6.07) is 15.4. The van der Waals surface area contributed by atoms with Gasteiger partial charge in [-0.05, 0) is 55.2 Å². The first-order valence-corrected chi connectivity index (χ1v) is 11.1. The summed E-state index contributed by atoms with van der Waals surface area (Å²) in [7, 11) is 1.56. The van der Waals surface area contributed by atoms with Gasteiger partial charge < -0.3 is 14.5 Å². The summed E-state index contributed by atoms with van der Waals surface area (Å²) in [4.78, 5) is 49.5. The average molecular weight is 463 g/mol. The zero-order valence-corrected chi connectivity index (χ0v) is 19.1. The summed E-state index contributed by atoms with van der Waals surface area (Å²) in [6.07, 6.45) is 3.03. The molecule has 4 rings (SSSR count). The van der Waals surface area contributed by atoms with Gasteiger partial charge in [0.15, 0.2) is 5.70 Å². The molecule has 2 aromatic rings. The molecule has 0 aliphatic carbocycles. The molecule has 34 heavy (non-hydrogen) atoms. The van der Waals surface area contributed by atoms with Crippen LogP contribution in [-0.4, -0.2) is 48.6 Å². The highest BCUT2D eigenvalue weighted by atomic mass is 16.7. The Hall–Kier alpha value is -3.98. The standard InChI is InChI=1S/C25H26N4O5/c1-17-12-14-28(15-13-17)24(31)21(26-23(30)18-6-4-3-5-7-18)16-22-25(32)34-27-29(22)19-8-10-20(33-2)11-9-19/h3-11,16-17,27H,12-15H2,1-2H3/b22-16+,26-21?. The molecule has 2 amide bonds. The highest BCUT2D eigenvalue weighted by Gasteiger charge is 2.32. The van der Waals surface area contributed by atoms with Crippen molar-refractivity contribution in [3.8, 4) is 5.75 Å². The van der Waals surface area contributed by atoms with Gasteiger partial charge in [-0.3, -0.25) is 9.59 Å². The third kappa shape index (κ3) is 5.15. The first-order valence-electron chi connectivity index (χ1n) is 11.1. The van der Waals surface area contributed by atoms with E-state index in [1.54, 1.807) is 66.6 Å². The lowest BCUT2D eigenvalue weighted by Gasteiger charge is -2.30. The Bertz CT molecular complexity index is 1120. The number of carbonyl (C=O) groups is 3. The molecular weight excluding hydrogens is 436 g/mol. The van der Waals surface area contributed by atoms with Crippen molar-refractivity contribution < 1.29 is 24.0 Å². The molecule has 2 aliphatic rings. The molecule has 9 nitrogen and oxygen atoms in total. The van der Waals surface area contributed by atoms with E-state index in [-0.39, 0.29) is 11.4 Å². The summed E-state index contributed by atoms with van der Waals surface area (Å²) in [5.74, 6) is -0.505. The van der Waals surface area contributed by atoms with Crippen molar-refractivity contribution in [1.82, 2.24) is 10.5 Å². The highest BCUT2D eigenvalue weighted by molar-refractivity contribution is 6.45. The van der Waals surface area contributed by atoms with Crippen LogP contribution in [0, 0.1) is 5.92 Å². The zero-order chi connectivity index (χ0) is 24.1. The Morgan fingerprint density at radius 1 is 1.09 bits per heavy atom. The van der Waals surface area contributed by atoms with Crippen LogP contribution in [0.4, 0.5) is 5.69 Å². The lowest BCUT2D eigenvalue weighted by atomic mass is 9.99. The van der Waals surface area contributed by atoms with Crippen molar-refractivity contribution in [2.75, 3.05) is 25.2 Å². The lowest BCUT2D eigenvalue weighted by molar-refractivity contribution is -0.140. The number of hydrogen-bond donors (Lipinski definition) is 1. The Labute approximate surface area is 197 Å². The van der Waals surface area contributed by atoms with E-state index in [1.807, 2.05) is 0 Å². The molecule has 0 saturated carbocycles. The Balaban J connectivity index is 1.70. The number of likely N-dealkylation sites (tertiary alicyclic amines) is 1. The van der Waals surface area contributed by atoms with Crippen LogP contribution in [0.2, 0.25) is 0 Å². The number of hydrogen-bond acceptors (Lipinski definition) is 7. The number of amides is 2. The quantitative estimate of drug-likeness (QED) is 0.539. The van der Waals surface area contributed by atoms with Crippen LogP contribution in [0.3, 0.4) is 0 Å². The van der Waals surface area contributed by atoms with Crippen molar-refractivity contribution in [1.29, 1.82) is 0 Å². The van der Waals surface area contributed by atoms with Crippen LogP contribution in [0.25, 0.3) is 0 Å². The van der Waals surface area contributed by atoms with Crippen LogP contribution in [0.1, 0.15) is 30.1 Å². The number of aliphatic imine (C=N–C) groups is 1. The van der Waals surface area contributed by atoms with Gasteiger partial charge in [0, 0.05) is 24.7 Å².